The van der Waals surface area contributed by atoms with Gasteiger partial charge in [0.25, 0.3) is 0 Å². The average molecular weight is 285 g/mol. The summed E-state index contributed by atoms with van der Waals surface area (Å²) in [6, 6.07) is 0.768. The van der Waals surface area contributed by atoms with Gasteiger partial charge in [-0.15, -0.1) is 0 Å². The maximum Gasteiger partial charge on any atom is 0.323 e. The summed E-state index contributed by atoms with van der Waals surface area (Å²) in [5.74, 6) is -0.757. The van der Waals surface area contributed by atoms with Crippen LogP contribution in [0.4, 0.5) is 0 Å². The molecule has 118 valence electrons. The quantitative estimate of drug-likeness (QED) is 0.737. The topological polar surface area (TPSA) is 55.8 Å². The molecule has 20 heavy (non-hydrogen) atoms. The predicted molar refractivity (Wildman–Crippen MR) is 82.1 cm³/mol. The normalized spacial score (nSPS) is 24.8. The van der Waals surface area contributed by atoms with Crippen molar-refractivity contribution in [3.05, 3.63) is 0 Å². The summed E-state index contributed by atoms with van der Waals surface area (Å²) in [4.78, 5) is 16.3. The van der Waals surface area contributed by atoms with Crippen molar-refractivity contribution < 1.29 is 9.90 Å². The Morgan fingerprint density at radius 2 is 2.10 bits per heavy atom. The van der Waals surface area contributed by atoms with Crippen molar-refractivity contribution in [3.8, 4) is 0 Å². The van der Waals surface area contributed by atoms with Gasteiger partial charge in [0, 0.05) is 38.3 Å². The van der Waals surface area contributed by atoms with Crippen LogP contribution in [0.5, 0.6) is 0 Å². The minimum absolute atomic E-state index is 0.173. The number of nitrogens with zero attached hydrogens (tertiary/aromatic N) is 2. The van der Waals surface area contributed by atoms with Crippen molar-refractivity contribution in [3.63, 3.8) is 0 Å². The highest BCUT2D eigenvalue weighted by Gasteiger charge is 2.34. The number of piperazine rings is 1. The Morgan fingerprint density at radius 1 is 1.45 bits per heavy atom. The van der Waals surface area contributed by atoms with E-state index in [-0.39, 0.29) is 6.04 Å². The third-order valence-corrected chi connectivity index (χ3v) is 4.34. The van der Waals surface area contributed by atoms with E-state index in [1.807, 2.05) is 13.8 Å². The lowest BCUT2D eigenvalue weighted by Gasteiger charge is -2.40. The van der Waals surface area contributed by atoms with Gasteiger partial charge in [0.2, 0.25) is 0 Å². The fourth-order valence-electron chi connectivity index (χ4n) is 2.91. The van der Waals surface area contributed by atoms with Crippen molar-refractivity contribution in [2.45, 2.75) is 58.2 Å². The van der Waals surface area contributed by atoms with E-state index in [1.165, 1.54) is 0 Å². The van der Waals surface area contributed by atoms with Crippen LogP contribution in [0.15, 0.2) is 0 Å². The van der Waals surface area contributed by atoms with Crippen LogP contribution < -0.4 is 5.32 Å². The van der Waals surface area contributed by atoms with Gasteiger partial charge in [0.1, 0.15) is 5.54 Å². The second-order valence-electron chi connectivity index (χ2n) is 6.53. The fraction of sp³-hybridized carbons (Fsp3) is 0.933. The van der Waals surface area contributed by atoms with Gasteiger partial charge in [-0.2, -0.15) is 0 Å². The fourth-order valence-corrected chi connectivity index (χ4v) is 2.91. The molecule has 0 aromatic carbocycles. The lowest BCUT2D eigenvalue weighted by Crippen LogP contribution is -2.56. The zero-order valence-corrected chi connectivity index (χ0v) is 13.6. The van der Waals surface area contributed by atoms with Crippen molar-refractivity contribution in [1.82, 2.24) is 15.1 Å². The van der Waals surface area contributed by atoms with E-state index in [0.29, 0.717) is 12.5 Å². The number of hydrogen-bond acceptors (Lipinski definition) is 4. The minimum Gasteiger partial charge on any atom is -0.480 e. The van der Waals surface area contributed by atoms with E-state index < -0.39 is 11.5 Å². The van der Waals surface area contributed by atoms with Gasteiger partial charge in [0.15, 0.2) is 0 Å². The van der Waals surface area contributed by atoms with Gasteiger partial charge in [-0.1, -0.05) is 6.92 Å². The Kier molecular flexibility index (Phi) is 6.43. The first kappa shape index (κ1) is 17.4. The van der Waals surface area contributed by atoms with E-state index in [1.54, 1.807) is 6.92 Å². The molecule has 1 saturated heterocycles. The number of carboxylic acid groups (broad SMARTS) is 1. The standard InChI is InChI=1S/C15H31N3O2/c1-6-13-11-18(10-9-17(13)5)8-7-15(4,14(19)20)16-12(2)3/h12-13,16H,6-11H2,1-5H3,(H,19,20). The smallest absolute Gasteiger partial charge is 0.323 e. The van der Waals surface area contributed by atoms with Crippen molar-refractivity contribution in [1.29, 1.82) is 0 Å². The second kappa shape index (κ2) is 7.38. The summed E-state index contributed by atoms with van der Waals surface area (Å²) in [5, 5.41) is 12.7. The number of nitrogens with one attached hydrogen (secondary N) is 1. The molecule has 0 bridgehead atoms. The molecule has 0 radical (unpaired) electrons. The summed E-state index contributed by atoms with van der Waals surface area (Å²) in [7, 11) is 2.17. The molecule has 0 aromatic rings. The van der Waals surface area contributed by atoms with Crippen LogP contribution in [0.3, 0.4) is 0 Å². The Morgan fingerprint density at radius 3 is 2.60 bits per heavy atom. The van der Waals surface area contributed by atoms with E-state index in [2.05, 4.69) is 29.1 Å². The molecule has 1 aliphatic rings. The van der Waals surface area contributed by atoms with Crippen LogP contribution in [0.2, 0.25) is 0 Å². The minimum atomic E-state index is -0.834. The molecule has 1 heterocycles. The zero-order chi connectivity index (χ0) is 15.3. The molecule has 0 aliphatic carbocycles. The monoisotopic (exact) mass is 285 g/mol. The number of likely N-dealkylation sites (N-methyl/N-ethyl adjacent to an activating group) is 1. The maximum absolute atomic E-state index is 11.5. The molecule has 0 amide bonds. The number of rotatable bonds is 7. The average Bonchev–Trinajstić information content (AvgIpc) is 2.36. The van der Waals surface area contributed by atoms with Crippen molar-refractivity contribution >= 4 is 5.97 Å². The van der Waals surface area contributed by atoms with Crippen molar-refractivity contribution in [2.24, 2.45) is 0 Å². The number of hydrogen-bond donors (Lipinski definition) is 2. The first-order chi connectivity index (χ1) is 9.28. The Balaban J connectivity index is 2.53. The summed E-state index contributed by atoms with van der Waals surface area (Å²) in [6.07, 6.45) is 1.79. The van der Waals surface area contributed by atoms with Gasteiger partial charge in [-0.3, -0.25) is 10.1 Å². The molecule has 1 aliphatic heterocycles. The van der Waals surface area contributed by atoms with Crippen LogP contribution >= 0.6 is 0 Å². The lowest BCUT2D eigenvalue weighted by molar-refractivity contribution is -0.145. The lowest BCUT2D eigenvalue weighted by atomic mass is 9.96. The van der Waals surface area contributed by atoms with Gasteiger partial charge < -0.3 is 14.9 Å². The molecule has 2 atom stereocenters. The largest absolute Gasteiger partial charge is 0.480 e. The number of carboxylic acids is 1. The maximum atomic E-state index is 11.5. The molecular formula is C15H31N3O2. The van der Waals surface area contributed by atoms with Crippen LogP contribution in [0.25, 0.3) is 0 Å². The highest BCUT2D eigenvalue weighted by molar-refractivity contribution is 5.78. The van der Waals surface area contributed by atoms with Crippen LogP contribution in [0.1, 0.15) is 40.5 Å². The Labute approximate surface area is 123 Å². The molecule has 5 nitrogen and oxygen atoms in total. The van der Waals surface area contributed by atoms with E-state index in [0.717, 1.165) is 32.6 Å². The summed E-state index contributed by atoms with van der Waals surface area (Å²) in [5.41, 5.74) is -0.834. The molecule has 0 aromatic heterocycles. The molecule has 2 unspecified atom stereocenters. The van der Waals surface area contributed by atoms with Gasteiger partial charge in [-0.25, -0.2) is 0 Å². The number of carbonyl (C=O) groups is 1. The van der Waals surface area contributed by atoms with Crippen LogP contribution in [0, 0.1) is 0 Å². The van der Waals surface area contributed by atoms with Crippen LogP contribution in [-0.4, -0.2) is 71.7 Å². The predicted octanol–water partition coefficient (Wildman–Crippen LogP) is 1.24. The molecule has 0 spiro atoms. The molecule has 1 fully saturated rings. The van der Waals surface area contributed by atoms with Gasteiger partial charge >= 0.3 is 5.97 Å². The van der Waals surface area contributed by atoms with Crippen molar-refractivity contribution in [2.75, 3.05) is 33.2 Å². The molecule has 5 heteroatoms. The van der Waals surface area contributed by atoms with Gasteiger partial charge in [0.05, 0.1) is 0 Å². The highest BCUT2D eigenvalue weighted by Crippen LogP contribution is 2.16. The molecule has 0 saturated carbocycles. The molecule has 2 N–H and O–H groups in total. The molecule has 1 rings (SSSR count). The first-order valence-electron chi connectivity index (χ1n) is 7.72. The third kappa shape index (κ3) is 4.72. The molecular weight excluding hydrogens is 254 g/mol. The first-order valence-corrected chi connectivity index (χ1v) is 7.72. The third-order valence-electron chi connectivity index (χ3n) is 4.34. The summed E-state index contributed by atoms with van der Waals surface area (Å²) < 4.78 is 0. The van der Waals surface area contributed by atoms with E-state index in [4.69, 9.17) is 0 Å². The van der Waals surface area contributed by atoms with E-state index >= 15 is 0 Å². The summed E-state index contributed by atoms with van der Waals surface area (Å²) >= 11 is 0. The Hall–Kier alpha value is -0.650. The number of aliphatic carboxylic acids is 1. The zero-order valence-electron chi connectivity index (χ0n) is 13.6. The summed E-state index contributed by atoms with van der Waals surface area (Å²) in [6.45, 7) is 12.0. The van der Waals surface area contributed by atoms with Crippen LogP contribution in [-0.2, 0) is 4.79 Å². The van der Waals surface area contributed by atoms with E-state index in [9.17, 15) is 9.90 Å². The SMILES string of the molecule is CCC1CN(CCC(C)(NC(C)C)C(=O)O)CCN1C. The highest BCUT2D eigenvalue weighted by atomic mass is 16.4. The van der Waals surface area contributed by atoms with Gasteiger partial charge in [-0.05, 0) is 40.7 Å². The Bertz CT molecular complexity index is 322. The second-order valence-corrected chi connectivity index (χ2v) is 6.53.